The number of carbonyl (C=O) groups excluding carboxylic acids is 1. The Morgan fingerprint density at radius 2 is 1.52 bits per heavy atom. The van der Waals surface area contributed by atoms with Crippen LogP contribution in [0.5, 0.6) is 0 Å². The van der Waals surface area contributed by atoms with Gasteiger partial charge in [0.05, 0.1) is 15.7 Å². The first kappa shape index (κ1) is 20.0. The van der Waals surface area contributed by atoms with Gasteiger partial charge in [0.15, 0.2) is 8.24 Å². The molecule has 1 amide bonds. The van der Waals surface area contributed by atoms with Gasteiger partial charge in [0.1, 0.15) is 0 Å². The normalized spacial score (nSPS) is 12.2. The van der Waals surface area contributed by atoms with E-state index in [9.17, 15) is 4.79 Å². The molecule has 5 heteroatoms. The van der Waals surface area contributed by atoms with E-state index >= 15 is 0 Å². The Morgan fingerprint density at radius 1 is 1.00 bits per heavy atom. The molecule has 0 aliphatic rings. The summed E-state index contributed by atoms with van der Waals surface area (Å²) >= 11 is 13.0. The Hall–Kier alpha value is -1.29. The van der Waals surface area contributed by atoms with Crippen LogP contribution >= 0.6 is 23.2 Å². The molecule has 0 spiro atoms. The van der Waals surface area contributed by atoms with Gasteiger partial charge in [-0.05, 0) is 36.2 Å². The van der Waals surface area contributed by atoms with E-state index in [1.807, 2.05) is 35.8 Å². The number of hydrogen-bond donors (Lipinski definition) is 0. The fraction of sp³-hybridized carbons (Fsp3) is 0.350. The first-order valence-corrected chi connectivity index (χ1v) is 12.0. The van der Waals surface area contributed by atoms with E-state index in [0.29, 0.717) is 21.3 Å². The summed E-state index contributed by atoms with van der Waals surface area (Å²) < 4.78 is 1.88. The summed E-state index contributed by atoms with van der Waals surface area (Å²) in [6, 6.07) is 13.0. The van der Waals surface area contributed by atoms with Crippen LogP contribution in [0, 0.1) is 6.92 Å². The lowest BCUT2D eigenvalue weighted by molar-refractivity contribution is 0.100. The SMILES string of the molecule is Cc1cccc(C(=O)N(c2c(Cl)cccc2Cl)[Si](C)(C)C(C)(C)C)c1. The number of amides is 1. The largest absolute Gasteiger partial charge is 0.334 e. The summed E-state index contributed by atoms with van der Waals surface area (Å²) in [6.07, 6.45) is 0. The molecule has 0 N–H and O–H groups in total. The van der Waals surface area contributed by atoms with Crippen molar-refractivity contribution in [1.29, 1.82) is 0 Å². The maximum atomic E-state index is 13.5. The molecule has 0 aliphatic heterocycles. The van der Waals surface area contributed by atoms with Crippen LogP contribution in [-0.4, -0.2) is 14.1 Å². The fourth-order valence-electron chi connectivity index (χ4n) is 2.58. The summed E-state index contributed by atoms with van der Waals surface area (Å²) in [5.41, 5.74) is 2.32. The molecule has 134 valence electrons. The van der Waals surface area contributed by atoms with E-state index < -0.39 is 8.24 Å². The first-order chi connectivity index (χ1) is 11.5. The van der Waals surface area contributed by atoms with Crippen molar-refractivity contribution in [3.63, 3.8) is 0 Å². The van der Waals surface area contributed by atoms with Crippen molar-refractivity contribution < 1.29 is 4.79 Å². The van der Waals surface area contributed by atoms with E-state index in [1.54, 1.807) is 18.2 Å². The smallest absolute Gasteiger partial charge is 0.250 e. The van der Waals surface area contributed by atoms with Gasteiger partial charge in [0.2, 0.25) is 5.91 Å². The average Bonchev–Trinajstić information content (AvgIpc) is 2.49. The second-order valence-corrected chi connectivity index (χ2v) is 13.8. The van der Waals surface area contributed by atoms with E-state index in [1.165, 1.54) is 0 Å². The van der Waals surface area contributed by atoms with Gasteiger partial charge >= 0.3 is 0 Å². The quantitative estimate of drug-likeness (QED) is 0.516. The molecule has 2 aromatic rings. The van der Waals surface area contributed by atoms with E-state index in [-0.39, 0.29) is 10.9 Å². The van der Waals surface area contributed by atoms with Crippen molar-refractivity contribution in [3.8, 4) is 0 Å². The predicted octanol–water partition coefficient (Wildman–Crippen LogP) is 6.95. The highest BCUT2D eigenvalue weighted by Gasteiger charge is 2.45. The third-order valence-electron chi connectivity index (χ3n) is 5.02. The Labute approximate surface area is 161 Å². The number of aryl methyl sites for hydroxylation is 1. The van der Waals surface area contributed by atoms with Gasteiger partial charge < -0.3 is 4.57 Å². The van der Waals surface area contributed by atoms with Crippen LogP contribution in [0.4, 0.5) is 5.69 Å². The molecule has 25 heavy (non-hydrogen) atoms. The van der Waals surface area contributed by atoms with Gasteiger partial charge in [-0.15, -0.1) is 0 Å². The minimum absolute atomic E-state index is 0.0507. The zero-order valence-corrected chi connectivity index (χ0v) is 18.2. The monoisotopic (exact) mass is 393 g/mol. The summed E-state index contributed by atoms with van der Waals surface area (Å²) in [6.45, 7) is 12.8. The summed E-state index contributed by atoms with van der Waals surface area (Å²) in [5.74, 6) is -0.0507. The Morgan fingerprint density at radius 3 is 2.00 bits per heavy atom. The topological polar surface area (TPSA) is 20.3 Å². The summed E-state index contributed by atoms with van der Waals surface area (Å²) in [5, 5.41) is 0.936. The molecule has 0 aliphatic carbocycles. The van der Waals surface area contributed by atoms with Gasteiger partial charge in [0.25, 0.3) is 0 Å². The van der Waals surface area contributed by atoms with Crippen molar-refractivity contribution in [2.75, 3.05) is 4.57 Å². The standard InChI is InChI=1S/C20H25Cl2NOSi/c1-14-9-7-10-15(13-14)19(24)23(25(5,6)20(2,3)4)18-16(21)11-8-12-17(18)22/h7-13H,1-6H3. The molecule has 2 nitrogen and oxygen atoms in total. The maximum absolute atomic E-state index is 13.5. The second-order valence-electron chi connectivity index (χ2n) is 7.89. The molecule has 0 fully saturated rings. The lowest BCUT2D eigenvalue weighted by Crippen LogP contribution is -2.58. The Balaban J connectivity index is 2.72. The van der Waals surface area contributed by atoms with Crippen molar-refractivity contribution in [1.82, 2.24) is 0 Å². The predicted molar refractivity (Wildman–Crippen MR) is 112 cm³/mol. The first-order valence-electron chi connectivity index (χ1n) is 8.32. The van der Waals surface area contributed by atoms with Gasteiger partial charge in [-0.3, -0.25) is 4.79 Å². The zero-order chi connectivity index (χ0) is 19.0. The van der Waals surface area contributed by atoms with Crippen LogP contribution in [0.15, 0.2) is 42.5 Å². The lowest BCUT2D eigenvalue weighted by atomic mass is 10.1. The second kappa shape index (κ2) is 7.14. The molecule has 0 saturated heterocycles. The lowest BCUT2D eigenvalue weighted by Gasteiger charge is -2.46. The molecule has 0 unspecified atom stereocenters. The van der Waals surface area contributed by atoms with Crippen LogP contribution in [0.1, 0.15) is 36.7 Å². The van der Waals surface area contributed by atoms with E-state index in [0.717, 1.165) is 5.56 Å². The van der Waals surface area contributed by atoms with Crippen LogP contribution in [0.25, 0.3) is 0 Å². The van der Waals surface area contributed by atoms with Crippen molar-refractivity contribution in [2.45, 2.75) is 45.8 Å². The van der Waals surface area contributed by atoms with Crippen molar-refractivity contribution in [2.24, 2.45) is 0 Å². The molecule has 0 radical (unpaired) electrons. The number of benzene rings is 2. The number of halogens is 2. The number of nitrogens with zero attached hydrogens (tertiary/aromatic N) is 1. The summed E-state index contributed by atoms with van der Waals surface area (Å²) in [7, 11) is -2.29. The van der Waals surface area contributed by atoms with Crippen molar-refractivity contribution >= 4 is 43.0 Å². The summed E-state index contributed by atoms with van der Waals surface area (Å²) in [4.78, 5) is 13.5. The van der Waals surface area contributed by atoms with Crippen LogP contribution < -0.4 is 4.57 Å². The molecule has 0 atom stereocenters. The van der Waals surface area contributed by atoms with E-state index in [4.69, 9.17) is 23.2 Å². The highest BCUT2D eigenvalue weighted by Crippen LogP contribution is 2.45. The molecule has 2 rings (SSSR count). The Bertz CT molecular complexity index is 776. The van der Waals surface area contributed by atoms with Crippen LogP contribution in [0.3, 0.4) is 0 Å². The molecular weight excluding hydrogens is 369 g/mol. The number of anilines is 1. The molecule has 0 bridgehead atoms. The molecule has 0 aromatic heterocycles. The van der Waals surface area contributed by atoms with Gasteiger partial charge in [-0.25, -0.2) is 0 Å². The van der Waals surface area contributed by atoms with Crippen LogP contribution in [-0.2, 0) is 0 Å². The Kier molecular flexibility index (Phi) is 5.72. The maximum Gasteiger partial charge on any atom is 0.250 e. The number of hydrogen-bond acceptors (Lipinski definition) is 1. The van der Waals surface area contributed by atoms with Crippen LogP contribution in [0.2, 0.25) is 28.2 Å². The van der Waals surface area contributed by atoms with E-state index in [2.05, 4.69) is 33.9 Å². The molecule has 0 saturated carbocycles. The number of rotatable bonds is 3. The number of para-hydroxylation sites is 1. The molecular formula is C20H25Cl2NOSi. The molecule has 0 heterocycles. The van der Waals surface area contributed by atoms with Gasteiger partial charge in [-0.1, -0.05) is 80.8 Å². The van der Waals surface area contributed by atoms with Crippen molar-refractivity contribution in [3.05, 3.63) is 63.6 Å². The highest BCUT2D eigenvalue weighted by molar-refractivity contribution is 6.87. The minimum Gasteiger partial charge on any atom is -0.334 e. The third kappa shape index (κ3) is 3.94. The highest BCUT2D eigenvalue weighted by atomic mass is 35.5. The average molecular weight is 394 g/mol. The van der Waals surface area contributed by atoms with Gasteiger partial charge in [-0.2, -0.15) is 0 Å². The third-order valence-corrected chi connectivity index (χ3v) is 10.8. The van der Waals surface area contributed by atoms with Gasteiger partial charge in [0, 0.05) is 5.56 Å². The fourth-order valence-corrected chi connectivity index (χ4v) is 5.40. The minimum atomic E-state index is -2.29. The number of carbonyl (C=O) groups is 1. The molecule has 2 aromatic carbocycles. The zero-order valence-electron chi connectivity index (χ0n) is 15.7.